The number of primary amides is 1. The maximum Gasteiger partial charge on any atom is 0.263 e. The van der Waals surface area contributed by atoms with Gasteiger partial charge in [0.05, 0.1) is 17.9 Å². The fourth-order valence-electron chi connectivity index (χ4n) is 2.64. The fraction of sp³-hybridized carbons (Fsp3) is 0.211. The third-order valence-electron chi connectivity index (χ3n) is 3.78. The lowest BCUT2D eigenvalue weighted by Crippen LogP contribution is -2.26. The minimum absolute atomic E-state index is 0.0529. The zero-order valence-electron chi connectivity index (χ0n) is 15.0. The first-order valence-corrected chi connectivity index (χ1v) is 8.18. The highest BCUT2D eigenvalue weighted by molar-refractivity contribution is 6.22. The molecule has 0 unspecified atom stereocenters. The number of nitrogens with two attached hydrogens (primary N) is 2. The van der Waals surface area contributed by atoms with Crippen LogP contribution >= 0.6 is 0 Å². The second kappa shape index (κ2) is 9.14. The van der Waals surface area contributed by atoms with Gasteiger partial charge in [0.2, 0.25) is 0 Å². The van der Waals surface area contributed by atoms with Gasteiger partial charge in [0.15, 0.2) is 5.82 Å². The van der Waals surface area contributed by atoms with Crippen molar-refractivity contribution in [3.05, 3.63) is 70.3 Å². The largest absolute Gasteiger partial charge is 0.402 e. The Morgan fingerprint density at radius 2 is 1.93 bits per heavy atom. The number of benzene rings is 1. The summed E-state index contributed by atoms with van der Waals surface area (Å²) in [5.74, 6) is -1.45. The van der Waals surface area contributed by atoms with E-state index in [9.17, 15) is 23.1 Å². The molecule has 0 fully saturated rings. The van der Waals surface area contributed by atoms with Gasteiger partial charge in [-0.15, -0.1) is 0 Å². The molecule has 0 saturated heterocycles. The second-order valence-corrected chi connectivity index (χ2v) is 6.03. The van der Waals surface area contributed by atoms with Crippen LogP contribution in [0.2, 0.25) is 0 Å². The number of nitrogens with zero attached hydrogens (tertiary/aromatic N) is 2. The molecule has 1 heterocycles. The van der Waals surface area contributed by atoms with Gasteiger partial charge in [0, 0.05) is 17.5 Å². The Kier molecular flexibility index (Phi) is 6.89. The smallest absolute Gasteiger partial charge is 0.263 e. The molecule has 0 aliphatic rings. The van der Waals surface area contributed by atoms with Crippen LogP contribution in [0.25, 0.3) is 0 Å². The molecule has 0 atom stereocenters. The van der Waals surface area contributed by atoms with Crippen molar-refractivity contribution in [2.45, 2.75) is 19.8 Å². The molecule has 0 aliphatic heterocycles. The number of halogens is 3. The predicted molar refractivity (Wildman–Crippen MR) is 98.7 cm³/mol. The summed E-state index contributed by atoms with van der Waals surface area (Å²) in [7, 11) is 0. The van der Waals surface area contributed by atoms with Crippen LogP contribution in [0.3, 0.4) is 0 Å². The van der Waals surface area contributed by atoms with Crippen LogP contribution in [0, 0.1) is 5.82 Å². The van der Waals surface area contributed by atoms with E-state index in [-0.39, 0.29) is 29.2 Å². The Hall–Kier alpha value is -3.20. The van der Waals surface area contributed by atoms with E-state index < -0.39 is 30.3 Å². The van der Waals surface area contributed by atoms with Crippen LogP contribution in [0.4, 0.5) is 19.0 Å². The second-order valence-electron chi connectivity index (χ2n) is 6.03. The molecule has 1 aromatic heterocycles. The summed E-state index contributed by atoms with van der Waals surface area (Å²) in [6.45, 7) is 0.847. The third-order valence-corrected chi connectivity index (χ3v) is 3.78. The Labute approximate surface area is 159 Å². The van der Waals surface area contributed by atoms with Crippen molar-refractivity contribution >= 4 is 17.4 Å². The molecule has 9 heteroatoms. The molecule has 1 amide bonds. The third kappa shape index (κ3) is 5.40. The van der Waals surface area contributed by atoms with E-state index in [0.29, 0.717) is 11.1 Å². The number of carbonyl (C=O) groups is 1. The topological polar surface area (TPSA) is 115 Å². The van der Waals surface area contributed by atoms with Gasteiger partial charge in [-0.25, -0.2) is 23.1 Å². The summed E-state index contributed by atoms with van der Waals surface area (Å²) < 4.78 is 39.3. The van der Waals surface area contributed by atoms with Gasteiger partial charge in [-0.05, 0) is 54.8 Å². The Morgan fingerprint density at radius 1 is 1.21 bits per heavy atom. The first-order chi connectivity index (χ1) is 13.2. The zero-order chi connectivity index (χ0) is 20.8. The molecule has 0 saturated carbocycles. The van der Waals surface area contributed by atoms with E-state index in [0.717, 1.165) is 6.07 Å². The van der Waals surface area contributed by atoms with Crippen molar-refractivity contribution in [3.63, 3.8) is 0 Å². The minimum atomic E-state index is -2.78. The van der Waals surface area contributed by atoms with Gasteiger partial charge in [0.1, 0.15) is 5.82 Å². The lowest BCUT2D eigenvalue weighted by atomic mass is 10.0. The molecule has 2 aromatic rings. The van der Waals surface area contributed by atoms with Crippen LogP contribution in [-0.4, -0.2) is 28.3 Å². The molecule has 148 valence electrons. The number of aliphatic imine (C=N–C) groups is 1. The molecule has 6 nitrogen and oxygen atoms in total. The molecule has 28 heavy (non-hydrogen) atoms. The Bertz CT molecular complexity index is 939. The normalized spacial score (nSPS) is 12.9. The van der Waals surface area contributed by atoms with Gasteiger partial charge in [-0.2, -0.15) is 0 Å². The van der Waals surface area contributed by atoms with Crippen LogP contribution in [0.1, 0.15) is 30.0 Å². The summed E-state index contributed by atoms with van der Waals surface area (Å²) in [6, 6.07) is 6.32. The number of aliphatic hydroxyl groups excluding tert-OH is 1. The van der Waals surface area contributed by atoms with E-state index in [1.807, 2.05) is 0 Å². The summed E-state index contributed by atoms with van der Waals surface area (Å²) >= 11 is 0. The predicted octanol–water partition coefficient (Wildman–Crippen LogP) is 2.53. The van der Waals surface area contributed by atoms with Crippen LogP contribution < -0.4 is 11.5 Å². The molecule has 5 N–H and O–H groups in total. The minimum Gasteiger partial charge on any atom is -0.402 e. The standard InChI is InChI=1S/C19H19F3N4O2/c1-10(23)17(19(24)28)15(9-27)26-16-7-11(2-3-25-16)4-12-5-13(18(21)22)8-14(20)6-12/h2-3,5-8,18,27H,4,9,23H2,1H3,(H2,24,28). The van der Waals surface area contributed by atoms with E-state index in [2.05, 4.69) is 9.98 Å². The van der Waals surface area contributed by atoms with Crippen molar-refractivity contribution in [3.8, 4) is 0 Å². The van der Waals surface area contributed by atoms with E-state index in [1.54, 1.807) is 6.07 Å². The fourth-order valence-corrected chi connectivity index (χ4v) is 2.64. The number of pyridine rings is 1. The highest BCUT2D eigenvalue weighted by Gasteiger charge is 2.16. The van der Waals surface area contributed by atoms with Crippen molar-refractivity contribution in [2.24, 2.45) is 16.5 Å². The van der Waals surface area contributed by atoms with Gasteiger partial charge >= 0.3 is 0 Å². The number of aliphatic hydroxyl groups is 1. The zero-order valence-corrected chi connectivity index (χ0v) is 15.0. The van der Waals surface area contributed by atoms with Crippen LogP contribution in [0.15, 0.2) is 52.8 Å². The van der Waals surface area contributed by atoms with Crippen LogP contribution in [-0.2, 0) is 11.2 Å². The molecule has 0 spiro atoms. The summed E-state index contributed by atoms with van der Waals surface area (Å²) in [5, 5.41) is 9.50. The van der Waals surface area contributed by atoms with Gasteiger partial charge < -0.3 is 16.6 Å². The number of carbonyl (C=O) groups excluding carboxylic acids is 1. The number of hydrogen-bond donors (Lipinski definition) is 3. The number of hydrogen-bond acceptors (Lipinski definition) is 5. The number of rotatable bonds is 7. The van der Waals surface area contributed by atoms with Gasteiger partial charge in [-0.3, -0.25) is 4.79 Å². The summed E-state index contributed by atoms with van der Waals surface area (Å²) in [4.78, 5) is 19.7. The number of alkyl halides is 2. The lowest BCUT2D eigenvalue weighted by Gasteiger charge is -2.09. The number of allylic oxidation sites excluding steroid dienone is 1. The molecule has 0 bridgehead atoms. The molecular formula is C19H19F3N4O2. The SMILES string of the molecule is CC(N)=C(C(N)=O)C(CO)=Nc1cc(Cc2cc(F)cc(C(F)F)c2)ccn1. The highest BCUT2D eigenvalue weighted by atomic mass is 19.3. The van der Waals surface area contributed by atoms with Crippen LogP contribution in [0.5, 0.6) is 0 Å². The number of aromatic nitrogens is 1. The lowest BCUT2D eigenvalue weighted by molar-refractivity contribution is -0.114. The molecule has 0 radical (unpaired) electrons. The van der Waals surface area contributed by atoms with Crippen molar-refractivity contribution in [1.82, 2.24) is 4.98 Å². The first-order valence-electron chi connectivity index (χ1n) is 8.18. The molecule has 2 rings (SSSR count). The Morgan fingerprint density at radius 3 is 2.50 bits per heavy atom. The Balaban J connectivity index is 2.37. The molecular weight excluding hydrogens is 373 g/mol. The summed E-state index contributed by atoms with van der Waals surface area (Å²) in [6.07, 6.45) is -1.21. The van der Waals surface area contributed by atoms with E-state index in [4.69, 9.17) is 11.5 Å². The quantitative estimate of drug-likeness (QED) is 0.496. The van der Waals surface area contributed by atoms with Crippen molar-refractivity contribution in [2.75, 3.05) is 6.61 Å². The maximum absolute atomic E-state index is 13.6. The average Bonchev–Trinajstić information content (AvgIpc) is 2.60. The van der Waals surface area contributed by atoms with Gasteiger partial charge in [0.25, 0.3) is 12.3 Å². The molecule has 1 aromatic carbocycles. The van der Waals surface area contributed by atoms with Crippen molar-refractivity contribution in [1.29, 1.82) is 0 Å². The highest BCUT2D eigenvalue weighted by Crippen LogP contribution is 2.23. The monoisotopic (exact) mass is 392 g/mol. The van der Waals surface area contributed by atoms with E-state index in [1.165, 1.54) is 31.3 Å². The first kappa shape index (κ1) is 21.1. The van der Waals surface area contributed by atoms with Crippen molar-refractivity contribution < 1.29 is 23.1 Å². The average molecular weight is 392 g/mol. The summed E-state index contributed by atoms with van der Waals surface area (Å²) in [5.41, 5.74) is 11.4. The molecule has 0 aliphatic carbocycles. The van der Waals surface area contributed by atoms with Gasteiger partial charge in [-0.1, -0.05) is 0 Å². The van der Waals surface area contributed by atoms with E-state index >= 15 is 0 Å². The number of amides is 1. The maximum atomic E-state index is 13.6.